The van der Waals surface area contributed by atoms with Crippen molar-refractivity contribution in [3.05, 3.63) is 85.0 Å². The van der Waals surface area contributed by atoms with E-state index in [2.05, 4.69) is 28.1 Å². The Morgan fingerprint density at radius 2 is 1.73 bits per heavy atom. The van der Waals surface area contributed by atoms with Crippen molar-refractivity contribution < 1.29 is 0 Å². The van der Waals surface area contributed by atoms with E-state index in [0.717, 1.165) is 48.6 Å². The van der Waals surface area contributed by atoms with Crippen LogP contribution in [0.4, 0.5) is 0 Å². The molecule has 0 aliphatic carbocycles. The third-order valence-corrected chi connectivity index (χ3v) is 6.17. The number of fused-ring (bicyclic) bond motifs is 1. The standard InChI is InChI=1S/C24H26ClN3O2/c1-16-4-5-17(2)22-21(16)23(29)28(24(30)26-22)13-3-12-27-14-10-19(11-15-27)18-6-8-20(25)9-7-18/h4-10H,3,11-15H2,1-2H3,(H,26,30). The average Bonchev–Trinajstić information content (AvgIpc) is 2.74. The van der Waals surface area contributed by atoms with Crippen molar-refractivity contribution in [3.8, 4) is 0 Å². The second-order valence-corrected chi connectivity index (χ2v) is 8.41. The van der Waals surface area contributed by atoms with Gasteiger partial charge in [-0.1, -0.05) is 41.9 Å². The smallest absolute Gasteiger partial charge is 0.306 e. The first-order valence-corrected chi connectivity index (χ1v) is 10.7. The number of nitrogens with zero attached hydrogens (tertiary/aromatic N) is 2. The summed E-state index contributed by atoms with van der Waals surface area (Å²) in [6, 6.07) is 11.8. The van der Waals surface area contributed by atoms with E-state index in [0.29, 0.717) is 17.4 Å². The number of aromatic amines is 1. The molecule has 2 heterocycles. The summed E-state index contributed by atoms with van der Waals surface area (Å²) in [6.07, 6.45) is 3.99. The number of rotatable bonds is 5. The van der Waals surface area contributed by atoms with Crippen molar-refractivity contribution in [1.82, 2.24) is 14.5 Å². The van der Waals surface area contributed by atoms with Crippen LogP contribution in [0.3, 0.4) is 0 Å². The van der Waals surface area contributed by atoms with Crippen LogP contribution in [-0.4, -0.2) is 34.1 Å². The van der Waals surface area contributed by atoms with Crippen molar-refractivity contribution in [2.24, 2.45) is 0 Å². The van der Waals surface area contributed by atoms with Crippen LogP contribution < -0.4 is 11.2 Å². The van der Waals surface area contributed by atoms with Gasteiger partial charge < -0.3 is 4.98 Å². The van der Waals surface area contributed by atoms with Gasteiger partial charge in [0, 0.05) is 31.2 Å². The molecule has 0 spiro atoms. The number of benzene rings is 2. The fourth-order valence-corrected chi connectivity index (χ4v) is 4.27. The first-order chi connectivity index (χ1) is 14.4. The normalized spacial score (nSPS) is 14.8. The zero-order chi connectivity index (χ0) is 21.3. The molecule has 0 amide bonds. The predicted molar refractivity (Wildman–Crippen MR) is 123 cm³/mol. The minimum Gasteiger partial charge on any atom is -0.306 e. The summed E-state index contributed by atoms with van der Waals surface area (Å²) < 4.78 is 1.34. The average molecular weight is 424 g/mol. The fourth-order valence-electron chi connectivity index (χ4n) is 4.15. The molecule has 0 unspecified atom stereocenters. The number of aromatic nitrogens is 2. The highest BCUT2D eigenvalue weighted by atomic mass is 35.5. The van der Waals surface area contributed by atoms with E-state index >= 15 is 0 Å². The summed E-state index contributed by atoms with van der Waals surface area (Å²) in [6.45, 7) is 6.92. The van der Waals surface area contributed by atoms with Gasteiger partial charge in [-0.15, -0.1) is 0 Å². The van der Waals surface area contributed by atoms with Gasteiger partial charge in [-0.2, -0.15) is 0 Å². The van der Waals surface area contributed by atoms with Crippen LogP contribution in [0, 0.1) is 13.8 Å². The van der Waals surface area contributed by atoms with E-state index in [-0.39, 0.29) is 11.2 Å². The zero-order valence-corrected chi connectivity index (χ0v) is 18.1. The van der Waals surface area contributed by atoms with E-state index in [4.69, 9.17) is 11.6 Å². The van der Waals surface area contributed by atoms with E-state index in [1.54, 1.807) is 0 Å². The van der Waals surface area contributed by atoms with E-state index < -0.39 is 0 Å². The Hall–Kier alpha value is -2.63. The maximum Gasteiger partial charge on any atom is 0.328 e. The van der Waals surface area contributed by atoms with E-state index in [1.165, 1.54) is 15.7 Å². The number of hydrogen-bond acceptors (Lipinski definition) is 3. The largest absolute Gasteiger partial charge is 0.328 e. The Morgan fingerprint density at radius 3 is 2.43 bits per heavy atom. The van der Waals surface area contributed by atoms with Crippen LogP contribution in [0.5, 0.6) is 0 Å². The Kier molecular flexibility index (Phi) is 5.93. The molecule has 0 fully saturated rings. The lowest BCUT2D eigenvalue weighted by Crippen LogP contribution is -2.37. The van der Waals surface area contributed by atoms with Gasteiger partial charge >= 0.3 is 5.69 Å². The summed E-state index contributed by atoms with van der Waals surface area (Å²) in [7, 11) is 0. The minimum absolute atomic E-state index is 0.196. The monoisotopic (exact) mass is 423 g/mol. The van der Waals surface area contributed by atoms with Crippen LogP contribution >= 0.6 is 11.6 Å². The molecule has 4 rings (SSSR count). The molecular formula is C24H26ClN3O2. The van der Waals surface area contributed by atoms with Crippen LogP contribution in [0.25, 0.3) is 16.5 Å². The molecule has 1 aliphatic heterocycles. The Bertz CT molecular complexity index is 1220. The molecule has 30 heavy (non-hydrogen) atoms. The Morgan fingerprint density at radius 1 is 1.00 bits per heavy atom. The number of aryl methyl sites for hydroxylation is 2. The molecule has 0 saturated carbocycles. The first kappa shape index (κ1) is 20.6. The van der Waals surface area contributed by atoms with Crippen molar-refractivity contribution in [2.45, 2.75) is 33.2 Å². The second kappa shape index (κ2) is 8.62. The molecule has 5 nitrogen and oxygen atoms in total. The minimum atomic E-state index is -0.329. The van der Waals surface area contributed by atoms with Gasteiger partial charge in [-0.3, -0.25) is 14.3 Å². The molecule has 0 atom stereocenters. The molecule has 0 radical (unpaired) electrons. The Labute approximate surface area is 180 Å². The van der Waals surface area contributed by atoms with Gasteiger partial charge in [-0.05, 0) is 61.1 Å². The van der Waals surface area contributed by atoms with Crippen molar-refractivity contribution in [3.63, 3.8) is 0 Å². The molecule has 156 valence electrons. The summed E-state index contributed by atoms with van der Waals surface area (Å²) in [5.74, 6) is 0. The van der Waals surface area contributed by atoms with Crippen molar-refractivity contribution in [1.29, 1.82) is 0 Å². The highest BCUT2D eigenvalue weighted by Crippen LogP contribution is 2.23. The van der Waals surface area contributed by atoms with Crippen LogP contribution in [0.1, 0.15) is 29.5 Å². The number of nitrogens with one attached hydrogen (secondary N) is 1. The zero-order valence-electron chi connectivity index (χ0n) is 17.4. The summed E-state index contributed by atoms with van der Waals surface area (Å²) in [4.78, 5) is 30.7. The quantitative estimate of drug-likeness (QED) is 0.671. The molecular weight excluding hydrogens is 398 g/mol. The predicted octanol–water partition coefficient (Wildman–Crippen LogP) is 4.14. The third-order valence-electron chi connectivity index (χ3n) is 5.92. The number of hydrogen-bond donors (Lipinski definition) is 1. The maximum atomic E-state index is 12.9. The molecule has 6 heteroatoms. The molecule has 2 aromatic carbocycles. The summed E-state index contributed by atoms with van der Waals surface area (Å²) in [5.41, 5.74) is 4.49. The van der Waals surface area contributed by atoms with Gasteiger partial charge in [-0.25, -0.2) is 4.79 Å². The van der Waals surface area contributed by atoms with Gasteiger partial charge in [0.2, 0.25) is 0 Å². The molecule has 1 aliphatic rings. The van der Waals surface area contributed by atoms with Gasteiger partial charge in [0.1, 0.15) is 0 Å². The highest BCUT2D eigenvalue weighted by Gasteiger charge is 2.14. The number of H-pyrrole nitrogens is 1. The molecule has 1 aromatic heterocycles. The van der Waals surface area contributed by atoms with E-state index in [1.807, 2.05) is 38.1 Å². The highest BCUT2D eigenvalue weighted by molar-refractivity contribution is 6.30. The van der Waals surface area contributed by atoms with Crippen LogP contribution in [0.2, 0.25) is 5.02 Å². The summed E-state index contributed by atoms with van der Waals surface area (Å²) in [5, 5.41) is 1.36. The molecule has 3 aromatic rings. The topological polar surface area (TPSA) is 58.1 Å². The van der Waals surface area contributed by atoms with Gasteiger partial charge in [0.15, 0.2) is 0 Å². The SMILES string of the molecule is Cc1ccc(C)c2c(=O)n(CCCN3CC=C(c4ccc(Cl)cc4)CC3)c(=O)[nH]c12. The third kappa shape index (κ3) is 4.13. The van der Waals surface area contributed by atoms with E-state index in [9.17, 15) is 9.59 Å². The molecule has 0 saturated heterocycles. The number of halogens is 1. The lowest BCUT2D eigenvalue weighted by molar-refractivity contribution is 0.290. The fraction of sp³-hybridized carbons (Fsp3) is 0.333. The van der Waals surface area contributed by atoms with Crippen molar-refractivity contribution in [2.75, 3.05) is 19.6 Å². The van der Waals surface area contributed by atoms with Crippen LogP contribution in [-0.2, 0) is 6.54 Å². The molecule has 0 bridgehead atoms. The van der Waals surface area contributed by atoms with Gasteiger partial charge in [0.25, 0.3) is 5.56 Å². The van der Waals surface area contributed by atoms with Crippen molar-refractivity contribution >= 4 is 28.1 Å². The Balaban J connectivity index is 1.42. The van der Waals surface area contributed by atoms with Gasteiger partial charge in [0.05, 0.1) is 10.9 Å². The molecule has 1 N–H and O–H groups in total. The lowest BCUT2D eigenvalue weighted by atomic mass is 9.99. The van der Waals surface area contributed by atoms with Crippen LogP contribution in [0.15, 0.2) is 52.1 Å². The maximum absolute atomic E-state index is 12.9. The lowest BCUT2D eigenvalue weighted by Gasteiger charge is -2.26. The first-order valence-electron chi connectivity index (χ1n) is 10.3. The summed E-state index contributed by atoms with van der Waals surface area (Å²) >= 11 is 5.98. The second-order valence-electron chi connectivity index (χ2n) is 7.98.